The Morgan fingerprint density at radius 1 is 1.35 bits per heavy atom. The number of carbonyl (C=O) groups is 1. The summed E-state index contributed by atoms with van der Waals surface area (Å²) < 4.78 is 5.21. The summed E-state index contributed by atoms with van der Waals surface area (Å²) in [5.74, 6) is 0.408. The van der Waals surface area contributed by atoms with Crippen molar-refractivity contribution >= 4 is 29.0 Å². The molecule has 1 aliphatic rings. The highest BCUT2D eigenvalue weighted by atomic mass is 35.5. The van der Waals surface area contributed by atoms with Crippen molar-refractivity contribution in [1.82, 2.24) is 10.2 Å². The van der Waals surface area contributed by atoms with Crippen molar-refractivity contribution in [2.45, 2.75) is 6.42 Å². The van der Waals surface area contributed by atoms with Crippen LogP contribution < -0.4 is 10.1 Å². The number of halogens is 2. The number of hydrogen-bond donors (Lipinski definition) is 1. The highest BCUT2D eigenvalue weighted by Gasteiger charge is 2.18. The highest BCUT2D eigenvalue weighted by Crippen LogP contribution is 2.32. The smallest absolute Gasteiger partial charge is 0.167 e. The second-order valence-corrected chi connectivity index (χ2v) is 5.58. The summed E-state index contributed by atoms with van der Waals surface area (Å²) in [4.78, 5) is 14.6. The molecule has 6 heteroatoms. The van der Waals surface area contributed by atoms with Crippen LogP contribution in [-0.4, -0.2) is 50.5 Å². The predicted molar refractivity (Wildman–Crippen MR) is 81.3 cm³/mol. The lowest BCUT2D eigenvalue weighted by atomic mass is 10.1. The Morgan fingerprint density at radius 3 is 2.70 bits per heavy atom. The van der Waals surface area contributed by atoms with Gasteiger partial charge in [0, 0.05) is 44.2 Å². The van der Waals surface area contributed by atoms with E-state index in [2.05, 4.69) is 10.2 Å². The minimum Gasteiger partial charge on any atom is -0.494 e. The van der Waals surface area contributed by atoms with E-state index < -0.39 is 0 Å². The molecule has 1 saturated heterocycles. The molecule has 1 aromatic rings. The minimum absolute atomic E-state index is 0.00443. The first-order valence-corrected chi connectivity index (χ1v) is 7.36. The molecule has 4 nitrogen and oxygen atoms in total. The summed E-state index contributed by atoms with van der Waals surface area (Å²) in [5.41, 5.74) is 0.458. The molecule has 2 rings (SSSR count). The van der Waals surface area contributed by atoms with E-state index in [1.54, 1.807) is 12.1 Å². The number of hydrogen-bond acceptors (Lipinski definition) is 4. The lowest BCUT2D eigenvalue weighted by Crippen LogP contribution is -2.44. The van der Waals surface area contributed by atoms with Gasteiger partial charge in [-0.15, -0.1) is 0 Å². The third-order valence-electron chi connectivity index (χ3n) is 3.38. The molecule has 1 fully saturated rings. The van der Waals surface area contributed by atoms with Crippen molar-refractivity contribution in [1.29, 1.82) is 0 Å². The van der Waals surface area contributed by atoms with Gasteiger partial charge in [0.05, 0.1) is 17.7 Å². The molecule has 20 heavy (non-hydrogen) atoms. The van der Waals surface area contributed by atoms with Crippen LogP contribution in [0.15, 0.2) is 12.1 Å². The Hall–Kier alpha value is -0.810. The van der Waals surface area contributed by atoms with Gasteiger partial charge in [-0.1, -0.05) is 23.2 Å². The van der Waals surface area contributed by atoms with E-state index in [4.69, 9.17) is 27.9 Å². The van der Waals surface area contributed by atoms with Crippen molar-refractivity contribution in [3.05, 3.63) is 27.7 Å². The normalized spacial score (nSPS) is 16.1. The maximum absolute atomic E-state index is 12.3. The fraction of sp³-hybridized carbons (Fsp3) is 0.500. The number of Topliss-reactive ketones (excluding diaryl/α,β-unsaturated/α-hetero) is 1. The Balaban J connectivity index is 2.04. The molecule has 0 saturated carbocycles. The SMILES string of the molecule is COc1c(Cl)cc(Cl)cc1C(=O)CCN1CCNCC1. The maximum atomic E-state index is 12.3. The van der Waals surface area contributed by atoms with Gasteiger partial charge < -0.3 is 15.0 Å². The number of ether oxygens (including phenoxy) is 1. The van der Waals surface area contributed by atoms with Crippen LogP contribution in [-0.2, 0) is 0 Å². The third kappa shape index (κ3) is 3.85. The van der Waals surface area contributed by atoms with E-state index >= 15 is 0 Å². The summed E-state index contributed by atoms with van der Waals surface area (Å²) in [6.07, 6.45) is 0.438. The quantitative estimate of drug-likeness (QED) is 0.847. The molecule has 0 radical (unpaired) electrons. The van der Waals surface area contributed by atoms with Crippen LogP contribution in [0.25, 0.3) is 0 Å². The fourth-order valence-electron chi connectivity index (χ4n) is 2.30. The van der Waals surface area contributed by atoms with Gasteiger partial charge in [0.2, 0.25) is 0 Å². The predicted octanol–water partition coefficient (Wildman–Crippen LogP) is 2.48. The molecule has 110 valence electrons. The van der Waals surface area contributed by atoms with Crippen LogP contribution in [0.3, 0.4) is 0 Å². The van der Waals surface area contributed by atoms with Crippen LogP contribution in [0, 0.1) is 0 Å². The summed E-state index contributed by atoms with van der Waals surface area (Å²) in [6, 6.07) is 3.20. The van der Waals surface area contributed by atoms with Gasteiger partial charge in [0.15, 0.2) is 5.78 Å². The van der Waals surface area contributed by atoms with Crippen LogP contribution in [0.1, 0.15) is 16.8 Å². The monoisotopic (exact) mass is 316 g/mol. The van der Waals surface area contributed by atoms with E-state index in [0.29, 0.717) is 27.8 Å². The topological polar surface area (TPSA) is 41.6 Å². The second kappa shape index (κ2) is 7.27. The lowest BCUT2D eigenvalue weighted by molar-refractivity contribution is 0.0957. The number of carbonyl (C=O) groups excluding carboxylic acids is 1. The van der Waals surface area contributed by atoms with Crippen molar-refractivity contribution in [3.63, 3.8) is 0 Å². The van der Waals surface area contributed by atoms with Gasteiger partial charge in [-0.25, -0.2) is 0 Å². The van der Waals surface area contributed by atoms with E-state index in [-0.39, 0.29) is 5.78 Å². The summed E-state index contributed by atoms with van der Waals surface area (Å²) in [5, 5.41) is 4.10. The van der Waals surface area contributed by atoms with E-state index in [0.717, 1.165) is 32.7 Å². The standard InChI is InChI=1S/C14H18Cl2N2O2/c1-20-14-11(8-10(15)9-12(14)16)13(19)2-5-18-6-3-17-4-7-18/h8-9,17H,2-7H2,1H3. The minimum atomic E-state index is 0.00443. The second-order valence-electron chi connectivity index (χ2n) is 4.73. The van der Waals surface area contributed by atoms with Gasteiger partial charge in [-0.2, -0.15) is 0 Å². The molecular formula is C14H18Cl2N2O2. The molecule has 0 unspecified atom stereocenters. The molecular weight excluding hydrogens is 299 g/mol. The number of ketones is 1. The number of rotatable bonds is 5. The number of nitrogens with one attached hydrogen (secondary N) is 1. The number of benzene rings is 1. The zero-order valence-corrected chi connectivity index (χ0v) is 12.9. The zero-order valence-electron chi connectivity index (χ0n) is 11.4. The number of nitrogens with zero attached hydrogens (tertiary/aromatic N) is 1. The summed E-state index contributed by atoms with van der Waals surface area (Å²) >= 11 is 12.0. The van der Waals surface area contributed by atoms with Gasteiger partial charge in [-0.3, -0.25) is 4.79 Å². The van der Waals surface area contributed by atoms with Crippen LogP contribution in [0.4, 0.5) is 0 Å². The first kappa shape index (κ1) is 15.6. The lowest BCUT2D eigenvalue weighted by Gasteiger charge is -2.26. The highest BCUT2D eigenvalue weighted by molar-refractivity contribution is 6.36. The van der Waals surface area contributed by atoms with Gasteiger partial charge in [-0.05, 0) is 12.1 Å². The molecule has 0 aliphatic carbocycles. The molecule has 1 aromatic carbocycles. The van der Waals surface area contributed by atoms with Crippen LogP contribution in [0.5, 0.6) is 5.75 Å². The number of methoxy groups -OCH3 is 1. The molecule has 0 amide bonds. The Labute approximate surface area is 129 Å². The Bertz CT molecular complexity index is 488. The largest absolute Gasteiger partial charge is 0.494 e. The molecule has 0 spiro atoms. The maximum Gasteiger partial charge on any atom is 0.167 e. The summed E-state index contributed by atoms with van der Waals surface area (Å²) in [7, 11) is 1.50. The summed E-state index contributed by atoms with van der Waals surface area (Å²) in [6.45, 7) is 4.64. The van der Waals surface area contributed by atoms with Crippen molar-refractivity contribution in [2.75, 3.05) is 39.8 Å². The van der Waals surface area contributed by atoms with Gasteiger partial charge >= 0.3 is 0 Å². The van der Waals surface area contributed by atoms with E-state index in [1.165, 1.54) is 7.11 Å². The first-order chi connectivity index (χ1) is 9.61. The number of piperazine rings is 1. The molecule has 0 atom stereocenters. The van der Waals surface area contributed by atoms with E-state index in [9.17, 15) is 4.79 Å². The zero-order chi connectivity index (χ0) is 14.5. The average molecular weight is 317 g/mol. The van der Waals surface area contributed by atoms with Crippen molar-refractivity contribution in [3.8, 4) is 5.75 Å². The average Bonchev–Trinajstić information content (AvgIpc) is 2.45. The molecule has 1 aliphatic heterocycles. The van der Waals surface area contributed by atoms with Crippen LogP contribution in [0.2, 0.25) is 10.0 Å². The van der Waals surface area contributed by atoms with Gasteiger partial charge in [0.25, 0.3) is 0 Å². The third-order valence-corrected chi connectivity index (χ3v) is 3.88. The molecule has 0 aromatic heterocycles. The molecule has 0 bridgehead atoms. The first-order valence-electron chi connectivity index (χ1n) is 6.61. The fourth-order valence-corrected chi connectivity index (χ4v) is 2.87. The Morgan fingerprint density at radius 2 is 2.05 bits per heavy atom. The van der Waals surface area contributed by atoms with Crippen molar-refractivity contribution < 1.29 is 9.53 Å². The molecule has 1 heterocycles. The van der Waals surface area contributed by atoms with E-state index in [1.807, 2.05) is 0 Å². The Kier molecular flexibility index (Phi) is 5.66. The molecule has 1 N–H and O–H groups in total. The van der Waals surface area contributed by atoms with Crippen LogP contribution >= 0.6 is 23.2 Å². The van der Waals surface area contributed by atoms with Gasteiger partial charge in [0.1, 0.15) is 5.75 Å². The van der Waals surface area contributed by atoms with Crippen molar-refractivity contribution in [2.24, 2.45) is 0 Å².